The molecule has 0 saturated carbocycles. The van der Waals surface area contributed by atoms with Crippen molar-refractivity contribution in [3.63, 3.8) is 0 Å². The first-order valence-electron chi connectivity index (χ1n) is 11.5. The van der Waals surface area contributed by atoms with E-state index in [1.165, 1.54) is 0 Å². The number of ether oxygens (including phenoxy) is 1. The molecule has 0 radical (unpaired) electrons. The van der Waals surface area contributed by atoms with Crippen molar-refractivity contribution in [1.29, 1.82) is 0 Å². The van der Waals surface area contributed by atoms with Crippen LogP contribution in [0.3, 0.4) is 0 Å². The number of para-hydroxylation sites is 3. The van der Waals surface area contributed by atoms with Gasteiger partial charge in [-0.25, -0.2) is 4.98 Å². The molecule has 0 aliphatic carbocycles. The van der Waals surface area contributed by atoms with Gasteiger partial charge in [0, 0.05) is 29.5 Å². The van der Waals surface area contributed by atoms with E-state index in [4.69, 9.17) is 21.3 Å². The number of imidazole rings is 1. The summed E-state index contributed by atoms with van der Waals surface area (Å²) < 4.78 is 9.07. The quantitative estimate of drug-likeness (QED) is 0.216. The summed E-state index contributed by atoms with van der Waals surface area (Å²) in [6.45, 7) is 2.09. The molecule has 4 aromatic rings. The highest BCUT2D eigenvalue weighted by Crippen LogP contribution is 2.23. The van der Waals surface area contributed by atoms with E-state index >= 15 is 0 Å². The summed E-state index contributed by atoms with van der Waals surface area (Å²) in [5.41, 5.74) is 2.81. The van der Waals surface area contributed by atoms with Gasteiger partial charge in [-0.15, -0.1) is 0 Å². The Balaban J connectivity index is 1.29. The number of nitrogens with zero attached hydrogens (tertiary/aromatic N) is 2. The zero-order chi connectivity index (χ0) is 23.8. The fraction of sp³-hybridized carbons (Fsp3) is 0.259. The predicted octanol–water partition coefficient (Wildman–Crippen LogP) is 6.67. The van der Waals surface area contributed by atoms with Crippen LogP contribution in [-0.4, -0.2) is 28.6 Å². The van der Waals surface area contributed by atoms with Gasteiger partial charge >= 0.3 is 0 Å². The number of hydrogen-bond donors (Lipinski definition) is 1. The number of carbonyl (C=O) groups is 1. The molecule has 7 heteroatoms. The summed E-state index contributed by atoms with van der Waals surface area (Å²) in [5.74, 6) is 1.72. The van der Waals surface area contributed by atoms with Crippen molar-refractivity contribution in [2.75, 3.05) is 13.2 Å². The normalized spacial score (nSPS) is 11.0. The number of aryl methyl sites for hydroxylation is 2. The van der Waals surface area contributed by atoms with Crippen LogP contribution in [0.4, 0.5) is 0 Å². The van der Waals surface area contributed by atoms with Crippen LogP contribution in [-0.2, 0) is 13.0 Å². The van der Waals surface area contributed by atoms with Crippen molar-refractivity contribution >= 4 is 44.5 Å². The Morgan fingerprint density at radius 2 is 1.74 bits per heavy atom. The van der Waals surface area contributed by atoms with Gasteiger partial charge in [0.05, 0.1) is 22.7 Å². The maximum atomic E-state index is 12.3. The minimum atomic E-state index is -0.0560. The third-order valence-electron chi connectivity index (χ3n) is 5.57. The Morgan fingerprint density at radius 1 is 0.971 bits per heavy atom. The Morgan fingerprint density at radius 3 is 2.56 bits per heavy atom. The number of fused-ring (bicyclic) bond motifs is 1. The molecule has 3 aromatic carbocycles. The maximum Gasteiger partial charge on any atom is 0.251 e. The Kier molecular flexibility index (Phi) is 8.61. The van der Waals surface area contributed by atoms with Crippen molar-refractivity contribution in [1.82, 2.24) is 14.9 Å². The number of carbonyl (C=O) groups excluding carboxylic acids is 1. The standard InChI is InChI=1S/C27H27BrClN3O2/c28-21-15-13-20(14-16-21)27(33)30-17-7-12-26-31-23-9-2-3-10-24(23)32(26)18-5-6-19-34-25-11-4-1-8-22(25)29/h1-4,8-11,13-16H,5-7,12,17-19H2,(H,30,33). The fourth-order valence-electron chi connectivity index (χ4n) is 3.83. The van der Waals surface area contributed by atoms with Crippen molar-refractivity contribution in [3.05, 3.63) is 93.7 Å². The van der Waals surface area contributed by atoms with Crippen LogP contribution in [0.1, 0.15) is 35.4 Å². The molecule has 0 bridgehead atoms. The third kappa shape index (κ3) is 6.39. The molecule has 0 spiro atoms. The zero-order valence-corrected chi connectivity index (χ0v) is 21.2. The monoisotopic (exact) mass is 539 g/mol. The number of amides is 1. The van der Waals surface area contributed by atoms with Gasteiger partial charge in [-0.2, -0.15) is 0 Å². The number of nitrogens with one attached hydrogen (secondary N) is 1. The first-order valence-corrected chi connectivity index (χ1v) is 12.6. The molecular weight excluding hydrogens is 514 g/mol. The number of hydrogen-bond acceptors (Lipinski definition) is 3. The van der Waals surface area contributed by atoms with Crippen molar-refractivity contribution in [2.24, 2.45) is 0 Å². The molecular formula is C27H27BrClN3O2. The van der Waals surface area contributed by atoms with Gasteiger partial charge in [0.25, 0.3) is 5.91 Å². The average molecular weight is 541 g/mol. The molecule has 1 N–H and O–H groups in total. The molecule has 0 saturated heterocycles. The summed E-state index contributed by atoms with van der Waals surface area (Å²) in [6, 6.07) is 23.1. The first-order chi connectivity index (χ1) is 16.6. The van der Waals surface area contributed by atoms with Gasteiger partial charge in [0.1, 0.15) is 11.6 Å². The molecule has 0 unspecified atom stereocenters. The number of benzene rings is 3. The third-order valence-corrected chi connectivity index (χ3v) is 6.41. The second-order valence-corrected chi connectivity index (χ2v) is 9.34. The first kappa shape index (κ1) is 24.3. The lowest BCUT2D eigenvalue weighted by molar-refractivity contribution is 0.0953. The molecule has 176 valence electrons. The van der Waals surface area contributed by atoms with Crippen LogP contribution >= 0.6 is 27.5 Å². The number of unbranched alkanes of at least 4 members (excludes halogenated alkanes) is 1. The molecule has 0 aliphatic heterocycles. The second kappa shape index (κ2) is 12.0. The van der Waals surface area contributed by atoms with Gasteiger partial charge in [-0.1, -0.05) is 51.8 Å². The molecule has 34 heavy (non-hydrogen) atoms. The van der Waals surface area contributed by atoms with E-state index in [1.54, 1.807) is 0 Å². The lowest BCUT2D eigenvalue weighted by Gasteiger charge is -2.11. The van der Waals surface area contributed by atoms with Crippen LogP contribution in [0.15, 0.2) is 77.3 Å². The Labute approximate surface area is 213 Å². The molecule has 1 amide bonds. The topological polar surface area (TPSA) is 56.2 Å². The summed E-state index contributed by atoms with van der Waals surface area (Å²) in [6.07, 6.45) is 3.51. The highest BCUT2D eigenvalue weighted by atomic mass is 79.9. The SMILES string of the molecule is O=C(NCCCc1nc2ccccc2n1CCCCOc1ccccc1Cl)c1ccc(Br)cc1. The van der Waals surface area contributed by atoms with Crippen LogP contribution < -0.4 is 10.1 Å². The van der Waals surface area contributed by atoms with E-state index in [1.807, 2.05) is 66.7 Å². The molecule has 0 aliphatic rings. The second-order valence-electron chi connectivity index (χ2n) is 8.02. The lowest BCUT2D eigenvalue weighted by atomic mass is 10.2. The largest absolute Gasteiger partial charge is 0.492 e. The van der Waals surface area contributed by atoms with Crippen LogP contribution in [0.25, 0.3) is 11.0 Å². The number of aromatic nitrogens is 2. The molecule has 0 fully saturated rings. The predicted molar refractivity (Wildman–Crippen MR) is 141 cm³/mol. The van der Waals surface area contributed by atoms with Crippen LogP contribution in [0, 0.1) is 0 Å². The van der Waals surface area contributed by atoms with E-state index in [-0.39, 0.29) is 5.91 Å². The lowest BCUT2D eigenvalue weighted by Crippen LogP contribution is -2.25. The van der Waals surface area contributed by atoms with E-state index in [2.05, 4.69) is 31.9 Å². The zero-order valence-electron chi connectivity index (χ0n) is 18.8. The highest BCUT2D eigenvalue weighted by Gasteiger charge is 2.11. The van der Waals surface area contributed by atoms with Crippen molar-refractivity contribution in [2.45, 2.75) is 32.2 Å². The number of rotatable bonds is 11. The molecule has 4 rings (SSSR count). The van der Waals surface area contributed by atoms with Crippen molar-refractivity contribution in [3.8, 4) is 5.75 Å². The summed E-state index contributed by atoms with van der Waals surface area (Å²) in [5, 5.41) is 3.64. The molecule has 1 heterocycles. The smallest absolute Gasteiger partial charge is 0.251 e. The van der Waals surface area contributed by atoms with E-state index in [0.29, 0.717) is 23.7 Å². The number of halogens is 2. The summed E-state index contributed by atoms with van der Waals surface area (Å²) in [4.78, 5) is 17.2. The van der Waals surface area contributed by atoms with Gasteiger partial charge in [-0.3, -0.25) is 4.79 Å². The van der Waals surface area contributed by atoms with E-state index < -0.39 is 0 Å². The van der Waals surface area contributed by atoms with E-state index in [9.17, 15) is 4.79 Å². The van der Waals surface area contributed by atoms with E-state index in [0.717, 1.165) is 59.3 Å². The molecule has 1 aromatic heterocycles. The van der Waals surface area contributed by atoms with Crippen LogP contribution in [0.2, 0.25) is 5.02 Å². The Hall–Kier alpha value is -2.83. The van der Waals surface area contributed by atoms with Gasteiger partial charge in [-0.05, 0) is 67.8 Å². The molecule has 5 nitrogen and oxygen atoms in total. The maximum absolute atomic E-state index is 12.3. The highest BCUT2D eigenvalue weighted by molar-refractivity contribution is 9.10. The van der Waals surface area contributed by atoms with Gasteiger partial charge in [0.15, 0.2) is 0 Å². The minimum Gasteiger partial charge on any atom is -0.492 e. The van der Waals surface area contributed by atoms with Gasteiger partial charge in [0.2, 0.25) is 0 Å². The molecule has 0 atom stereocenters. The van der Waals surface area contributed by atoms with Crippen LogP contribution in [0.5, 0.6) is 5.75 Å². The van der Waals surface area contributed by atoms with Gasteiger partial charge < -0.3 is 14.6 Å². The average Bonchev–Trinajstić information content (AvgIpc) is 3.20. The minimum absolute atomic E-state index is 0.0560. The van der Waals surface area contributed by atoms with Crippen molar-refractivity contribution < 1.29 is 9.53 Å². The fourth-order valence-corrected chi connectivity index (χ4v) is 4.29. The summed E-state index contributed by atoms with van der Waals surface area (Å²) in [7, 11) is 0. The Bertz CT molecular complexity index is 1240. The summed E-state index contributed by atoms with van der Waals surface area (Å²) >= 11 is 9.55.